The van der Waals surface area contributed by atoms with E-state index >= 15 is 0 Å². The Morgan fingerprint density at radius 1 is 1.12 bits per heavy atom. The summed E-state index contributed by atoms with van der Waals surface area (Å²) < 4.78 is 18.1. The van der Waals surface area contributed by atoms with Gasteiger partial charge >= 0.3 is 0 Å². The number of ether oxygens (including phenoxy) is 3. The summed E-state index contributed by atoms with van der Waals surface area (Å²) in [5.74, 6) is 1.74. The van der Waals surface area contributed by atoms with E-state index in [0.717, 1.165) is 11.1 Å². The molecule has 1 heterocycles. The summed E-state index contributed by atoms with van der Waals surface area (Å²) in [7, 11) is 6.69. The molecule has 1 amide bonds. The maximum atomic E-state index is 12.3. The Morgan fingerprint density at radius 2 is 1.84 bits per heavy atom. The van der Waals surface area contributed by atoms with E-state index < -0.39 is 0 Å². The van der Waals surface area contributed by atoms with Crippen LogP contribution in [-0.4, -0.2) is 31.8 Å². The molecular formula is C19H26N2O4. The Hall–Kier alpha value is -2.63. The van der Waals surface area contributed by atoms with Gasteiger partial charge in [-0.3, -0.25) is 4.79 Å². The van der Waals surface area contributed by atoms with Gasteiger partial charge in [-0.2, -0.15) is 0 Å². The lowest BCUT2D eigenvalue weighted by molar-refractivity contribution is -0.121. The molecule has 25 heavy (non-hydrogen) atoms. The second kappa shape index (κ2) is 8.46. The van der Waals surface area contributed by atoms with Crippen molar-refractivity contribution in [1.29, 1.82) is 0 Å². The van der Waals surface area contributed by atoms with E-state index in [1.54, 1.807) is 21.3 Å². The van der Waals surface area contributed by atoms with Crippen molar-refractivity contribution in [2.75, 3.05) is 21.3 Å². The number of hydrogen-bond donors (Lipinski definition) is 1. The number of aromatic nitrogens is 1. The molecule has 0 aliphatic carbocycles. The molecule has 1 N–H and O–H groups in total. The Morgan fingerprint density at radius 3 is 2.40 bits per heavy atom. The van der Waals surface area contributed by atoms with Gasteiger partial charge in [0.1, 0.15) is 0 Å². The first kappa shape index (κ1) is 18.7. The van der Waals surface area contributed by atoms with E-state index in [1.807, 2.05) is 49.1 Å². The van der Waals surface area contributed by atoms with Crippen LogP contribution in [0.5, 0.6) is 17.2 Å². The maximum Gasteiger partial charge on any atom is 0.220 e. The summed E-state index contributed by atoms with van der Waals surface area (Å²) in [4.78, 5) is 12.3. The number of amides is 1. The monoisotopic (exact) mass is 346 g/mol. The molecule has 0 aliphatic rings. The first-order chi connectivity index (χ1) is 12.0. The Labute approximate surface area is 148 Å². The molecule has 6 nitrogen and oxygen atoms in total. The molecule has 0 spiro atoms. The minimum atomic E-state index is -0.0269. The average Bonchev–Trinajstić information content (AvgIpc) is 3.05. The minimum Gasteiger partial charge on any atom is -0.493 e. The van der Waals surface area contributed by atoms with Gasteiger partial charge in [0.25, 0.3) is 0 Å². The number of methoxy groups -OCH3 is 3. The van der Waals surface area contributed by atoms with E-state index in [0.29, 0.717) is 30.1 Å². The third kappa shape index (κ3) is 4.47. The molecule has 1 aromatic heterocycles. The molecule has 0 unspecified atom stereocenters. The standard InChI is InChI=1S/C19H26N2O4/c1-13(15-10-11-21(2)12-15)20-17(22)9-7-14-6-8-16(23-3)19(25-5)18(14)24-4/h6,8,10-13H,7,9H2,1-5H3,(H,20,22)/t13-/m0/s1. The average molecular weight is 346 g/mol. The van der Waals surface area contributed by atoms with Crippen molar-refractivity contribution in [3.8, 4) is 17.2 Å². The molecule has 0 saturated heterocycles. The number of nitrogens with zero attached hydrogens (tertiary/aromatic N) is 1. The summed E-state index contributed by atoms with van der Waals surface area (Å²) >= 11 is 0. The lowest BCUT2D eigenvalue weighted by Crippen LogP contribution is -2.26. The zero-order valence-electron chi connectivity index (χ0n) is 15.5. The van der Waals surface area contributed by atoms with Crippen LogP contribution in [0.25, 0.3) is 0 Å². The van der Waals surface area contributed by atoms with Crippen molar-refractivity contribution in [3.05, 3.63) is 41.7 Å². The third-order valence-electron chi connectivity index (χ3n) is 4.14. The van der Waals surface area contributed by atoms with E-state index in [4.69, 9.17) is 14.2 Å². The fourth-order valence-corrected chi connectivity index (χ4v) is 2.79. The predicted molar refractivity (Wildman–Crippen MR) is 96.4 cm³/mol. The van der Waals surface area contributed by atoms with Gasteiger partial charge in [0.2, 0.25) is 11.7 Å². The van der Waals surface area contributed by atoms with E-state index in [-0.39, 0.29) is 11.9 Å². The summed E-state index contributed by atoms with van der Waals surface area (Å²) in [6, 6.07) is 5.69. The molecule has 2 rings (SSSR count). The second-order valence-corrected chi connectivity index (χ2v) is 5.89. The highest BCUT2D eigenvalue weighted by molar-refractivity contribution is 5.77. The van der Waals surface area contributed by atoms with Crippen molar-refractivity contribution in [2.24, 2.45) is 7.05 Å². The van der Waals surface area contributed by atoms with Gasteiger partial charge in [0.15, 0.2) is 11.5 Å². The zero-order chi connectivity index (χ0) is 18.4. The van der Waals surface area contributed by atoms with Crippen LogP contribution in [0.2, 0.25) is 0 Å². The third-order valence-corrected chi connectivity index (χ3v) is 4.14. The molecule has 0 radical (unpaired) electrons. The van der Waals surface area contributed by atoms with Crippen LogP contribution in [-0.2, 0) is 18.3 Å². The first-order valence-corrected chi connectivity index (χ1v) is 8.19. The smallest absolute Gasteiger partial charge is 0.220 e. The summed E-state index contributed by atoms with van der Waals surface area (Å²) in [5, 5.41) is 3.02. The fourth-order valence-electron chi connectivity index (χ4n) is 2.79. The van der Waals surface area contributed by atoms with Gasteiger partial charge in [-0.05, 0) is 36.6 Å². The van der Waals surface area contributed by atoms with Gasteiger partial charge in [0, 0.05) is 25.9 Å². The van der Waals surface area contributed by atoms with Crippen molar-refractivity contribution in [3.63, 3.8) is 0 Å². The quantitative estimate of drug-likeness (QED) is 0.798. The molecule has 1 atom stereocenters. The van der Waals surface area contributed by atoms with Crippen LogP contribution in [0.3, 0.4) is 0 Å². The molecule has 0 saturated carbocycles. The molecule has 6 heteroatoms. The van der Waals surface area contributed by atoms with Crippen LogP contribution >= 0.6 is 0 Å². The van der Waals surface area contributed by atoms with E-state index in [9.17, 15) is 4.79 Å². The highest BCUT2D eigenvalue weighted by atomic mass is 16.5. The number of nitrogens with one attached hydrogen (secondary N) is 1. The molecule has 1 aromatic carbocycles. The lowest BCUT2D eigenvalue weighted by Gasteiger charge is -2.16. The van der Waals surface area contributed by atoms with Crippen LogP contribution in [0, 0.1) is 0 Å². The van der Waals surface area contributed by atoms with Crippen LogP contribution in [0.4, 0.5) is 0 Å². The zero-order valence-corrected chi connectivity index (χ0v) is 15.5. The SMILES string of the molecule is COc1ccc(CCC(=O)N[C@@H](C)c2ccn(C)c2)c(OC)c1OC. The van der Waals surface area contributed by atoms with Crippen LogP contribution in [0.15, 0.2) is 30.6 Å². The highest BCUT2D eigenvalue weighted by Gasteiger charge is 2.17. The van der Waals surface area contributed by atoms with Gasteiger partial charge in [-0.25, -0.2) is 0 Å². The number of rotatable bonds is 8. The van der Waals surface area contributed by atoms with Crippen molar-refractivity contribution in [2.45, 2.75) is 25.8 Å². The maximum absolute atomic E-state index is 12.3. The Balaban J connectivity index is 2.01. The van der Waals surface area contributed by atoms with Gasteiger partial charge in [-0.15, -0.1) is 0 Å². The Kier molecular flexibility index (Phi) is 6.33. The van der Waals surface area contributed by atoms with Crippen LogP contribution in [0.1, 0.15) is 30.5 Å². The molecule has 0 fully saturated rings. The largest absolute Gasteiger partial charge is 0.493 e. The van der Waals surface area contributed by atoms with E-state index in [1.165, 1.54) is 0 Å². The van der Waals surface area contributed by atoms with E-state index in [2.05, 4.69) is 5.32 Å². The van der Waals surface area contributed by atoms with Gasteiger partial charge in [-0.1, -0.05) is 6.07 Å². The van der Waals surface area contributed by atoms with Crippen molar-refractivity contribution in [1.82, 2.24) is 9.88 Å². The number of carbonyl (C=O) groups excluding carboxylic acids is 1. The molecule has 0 aliphatic heterocycles. The summed E-state index contributed by atoms with van der Waals surface area (Å²) in [6.07, 6.45) is 4.88. The molecular weight excluding hydrogens is 320 g/mol. The fraction of sp³-hybridized carbons (Fsp3) is 0.421. The molecule has 136 valence electrons. The highest BCUT2D eigenvalue weighted by Crippen LogP contribution is 2.40. The van der Waals surface area contributed by atoms with Crippen LogP contribution < -0.4 is 19.5 Å². The topological polar surface area (TPSA) is 61.7 Å². The van der Waals surface area contributed by atoms with Gasteiger partial charge in [0.05, 0.1) is 27.4 Å². The summed E-state index contributed by atoms with van der Waals surface area (Å²) in [5.41, 5.74) is 1.99. The summed E-state index contributed by atoms with van der Waals surface area (Å²) in [6.45, 7) is 1.98. The predicted octanol–water partition coefficient (Wildman–Crippen LogP) is 2.86. The number of aryl methyl sites for hydroxylation is 2. The number of benzene rings is 1. The van der Waals surface area contributed by atoms with Crippen molar-refractivity contribution < 1.29 is 19.0 Å². The second-order valence-electron chi connectivity index (χ2n) is 5.89. The lowest BCUT2D eigenvalue weighted by atomic mass is 10.1. The minimum absolute atomic E-state index is 0.00630. The molecule has 2 aromatic rings. The number of carbonyl (C=O) groups is 1. The first-order valence-electron chi connectivity index (χ1n) is 8.19. The number of hydrogen-bond acceptors (Lipinski definition) is 4. The van der Waals surface area contributed by atoms with Crippen molar-refractivity contribution >= 4 is 5.91 Å². The van der Waals surface area contributed by atoms with Gasteiger partial charge < -0.3 is 24.1 Å². The molecule has 0 bridgehead atoms. The Bertz CT molecular complexity index is 724. The normalized spacial score (nSPS) is 11.7.